The number of hydrogen-bond donors (Lipinski definition) is 2. The Kier molecular flexibility index (Phi) is 14.7. The summed E-state index contributed by atoms with van der Waals surface area (Å²) < 4.78 is 57.4. The van der Waals surface area contributed by atoms with Crippen molar-refractivity contribution >= 4 is 45.6 Å². The third kappa shape index (κ3) is 10.8. The van der Waals surface area contributed by atoms with Gasteiger partial charge in [-0.05, 0) is 64.8 Å². The first kappa shape index (κ1) is 50.1. The Bertz CT molecular complexity index is 2700. The molecule has 0 aliphatic carbocycles. The summed E-state index contributed by atoms with van der Waals surface area (Å²) in [6.45, 7) is 25.8. The van der Waals surface area contributed by atoms with Crippen LogP contribution in [-0.4, -0.2) is 114 Å². The number of rotatable bonds is 10. The molecule has 0 unspecified atom stereocenters. The van der Waals surface area contributed by atoms with E-state index in [-0.39, 0.29) is 88.7 Å². The number of piperidine rings is 2. The number of pyridine rings is 2. The van der Waals surface area contributed by atoms with Crippen LogP contribution in [0.15, 0.2) is 85.2 Å². The molecule has 70 heavy (non-hydrogen) atoms. The number of nitrogens with two attached hydrogens (primary N) is 2. The number of likely N-dealkylation sites (tertiary alicyclic amines) is 2. The van der Waals surface area contributed by atoms with Crippen LogP contribution in [0, 0.1) is 13.1 Å². The molecule has 368 valence electrons. The Hall–Kier alpha value is -7.74. The van der Waals surface area contributed by atoms with Crippen LogP contribution < -0.4 is 20.9 Å². The summed E-state index contributed by atoms with van der Waals surface area (Å²) >= 11 is 0. The van der Waals surface area contributed by atoms with Crippen LogP contribution >= 0.6 is 0 Å². The van der Waals surface area contributed by atoms with Crippen LogP contribution in [0.25, 0.3) is 31.5 Å². The number of carbonyl (C=O) groups excluding carboxylic acids is 2. The molecule has 0 bridgehead atoms. The second-order valence-corrected chi connectivity index (χ2v) is 19.3. The number of carbonyl (C=O) groups is 2. The minimum absolute atomic E-state index is 0.141. The molecule has 18 nitrogen and oxygen atoms in total. The summed E-state index contributed by atoms with van der Waals surface area (Å²) in [5.74, 6) is 0.855. The van der Waals surface area contributed by atoms with Gasteiger partial charge in [0.25, 0.3) is 0 Å². The van der Waals surface area contributed by atoms with Gasteiger partial charge >= 0.3 is 12.2 Å². The quantitative estimate of drug-likeness (QED) is 0.125. The lowest BCUT2D eigenvalue weighted by Gasteiger charge is -2.41. The van der Waals surface area contributed by atoms with Gasteiger partial charge in [0.15, 0.2) is 35.1 Å². The van der Waals surface area contributed by atoms with Gasteiger partial charge in [-0.15, -0.1) is 0 Å². The molecular formula is C50H58F2N12O6. The van der Waals surface area contributed by atoms with E-state index in [1.807, 2.05) is 60.7 Å². The smallest absolute Gasteiger partial charge is 0.410 e. The lowest BCUT2D eigenvalue weighted by molar-refractivity contribution is -0.0137. The molecule has 2 saturated heterocycles. The van der Waals surface area contributed by atoms with Crippen molar-refractivity contribution in [1.82, 2.24) is 39.3 Å². The van der Waals surface area contributed by atoms with Gasteiger partial charge in [0.05, 0.1) is 24.1 Å². The van der Waals surface area contributed by atoms with E-state index >= 15 is 8.78 Å². The zero-order valence-corrected chi connectivity index (χ0v) is 40.1. The Morgan fingerprint density at radius 2 is 1.03 bits per heavy atom. The van der Waals surface area contributed by atoms with Crippen LogP contribution in [0.1, 0.15) is 65.5 Å². The predicted molar refractivity (Wildman–Crippen MR) is 259 cm³/mol. The molecule has 2 aromatic carbocycles. The maximum absolute atomic E-state index is 15.9. The SMILES string of the molecule is [C-]#[N+]C[C@@]1(n2nc(N)c3c(OCc4ccccc4)nccc32)CCN(C(=O)OC(C)(C)C)C[C@@H]1F.[C-]#[N+]C[C@@]1(n2nc(N)c3c(OCc4ccccc4)nccc32)CCN(C(=O)OC(C)(C)C)C[C@H]1F. The molecule has 4 atom stereocenters. The molecule has 6 heterocycles. The van der Waals surface area contributed by atoms with Crippen molar-refractivity contribution < 1.29 is 37.3 Å². The van der Waals surface area contributed by atoms with Gasteiger partial charge in [-0.2, -0.15) is 10.2 Å². The van der Waals surface area contributed by atoms with E-state index in [9.17, 15) is 9.59 Å². The number of amides is 2. The maximum atomic E-state index is 15.9. The second-order valence-electron chi connectivity index (χ2n) is 19.3. The molecule has 2 aliphatic rings. The number of nitrogen functional groups attached to an aromatic ring is 2. The first-order valence-electron chi connectivity index (χ1n) is 22.8. The van der Waals surface area contributed by atoms with Crippen molar-refractivity contribution in [2.24, 2.45) is 0 Å². The third-order valence-electron chi connectivity index (χ3n) is 12.0. The minimum Gasteiger partial charge on any atom is -0.472 e. The number of anilines is 2. The highest BCUT2D eigenvalue weighted by atomic mass is 19.1. The van der Waals surface area contributed by atoms with Crippen molar-refractivity contribution in [2.45, 2.75) is 102 Å². The summed E-state index contributed by atoms with van der Waals surface area (Å²) in [6.07, 6.45) is -0.846. The van der Waals surface area contributed by atoms with Crippen molar-refractivity contribution in [3.05, 3.63) is 119 Å². The summed E-state index contributed by atoms with van der Waals surface area (Å²) in [7, 11) is 0. The average molecular weight is 961 g/mol. The van der Waals surface area contributed by atoms with Gasteiger partial charge in [-0.25, -0.2) is 50.8 Å². The van der Waals surface area contributed by atoms with E-state index in [0.29, 0.717) is 21.8 Å². The number of benzene rings is 2. The van der Waals surface area contributed by atoms with Gasteiger partial charge < -0.3 is 49.9 Å². The topological polar surface area (TPSA) is 200 Å². The van der Waals surface area contributed by atoms with Gasteiger partial charge in [0, 0.05) is 38.3 Å². The molecule has 8 rings (SSSR count). The number of alkyl halides is 2. The highest BCUT2D eigenvalue weighted by Gasteiger charge is 2.53. The van der Waals surface area contributed by atoms with Crippen LogP contribution in [0.3, 0.4) is 0 Å². The number of ether oxygens (including phenoxy) is 4. The minimum atomic E-state index is -1.57. The van der Waals surface area contributed by atoms with E-state index in [1.165, 1.54) is 19.2 Å². The van der Waals surface area contributed by atoms with E-state index in [1.54, 1.807) is 66.1 Å². The first-order valence-corrected chi connectivity index (χ1v) is 22.8. The highest BCUT2D eigenvalue weighted by molar-refractivity contribution is 5.94. The number of halogens is 2. The highest BCUT2D eigenvalue weighted by Crippen LogP contribution is 2.41. The predicted octanol–water partition coefficient (Wildman–Crippen LogP) is 8.37. The average Bonchev–Trinajstić information content (AvgIpc) is 3.86. The van der Waals surface area contributed by atoms with E-state index in [0.717, 1.165) is 11.1 Å². The lowest BCUT2D eigenvalue weighted by atomic mass is 9.85. The summed E-state index contributed by atoms with van der Waals surface area (Å²) in [6, 6.07) is 22.6. The zero-order valence-electron chi connectivity index (χ0n) is 40.1. The van der Waals surface area contributed by atoms with Crippen LogP contribution in [0.5, 0.6) is 11.8 Å². The lowest BCUT2D eigenvalue weighted by Crippen LogP contribution is -2.58. The number of hydrogen-bond acceptors (Lipinski definition) is 12. The number of aromatic nitrogens is 6. The molecule has 4 N–H and O–H groups in total. The largest absolute Gasteiger partial charge is 0.472 e. The Balaban J connectivity index is 0.000000206. The zero-order chi connectivity index (χ0) is 50.4. The monoisotopic (exact) mass is 960 g/mol. The van der Waals surface area contributed by atoms with Crippen molar-refractivity contribution in [3.63, 3.8) is 0 Å². The molecule has 2 aliphatic heterocycles. The molecule has 0 spiro atoms. The third-order valence-corrected chi connectivity index (χ3v) is 12.0. The Morgan fingerprint density at radius 3 is 1.36 bits per heavy atom. The fraction of sp³-hybridized carbons (Fsp3) is 0.440. The molecular weight excluding hydrogens is 903 g/mol. The number of nitrogens with zero attached hydrogens (tertiary/aromatic N) is 10. The van der Waals surface area contributed by atoms with Crippen molar-refractivity contribution in [3.8, 4) is 11.8 Å². The van der Waals surface area contributed by atoms with Gasteiger partial charge in [-0.3, -0.25) is 0 Å². The van der Waals surface area contributed by atoms with E-state index < -0.39 is 46.8 Å². The Morgan fingerprint density at radius 1 is 0.657 bits per heavy atom. The molecule has 2 amide bonds. The number of fused-ring (bicyclic) bond motifs is 2. The molecule has 2 fully saturated rings. The van der Waals surface area contributed by atoms with E-state index in [4.69, 9.17) is 43.6 Å². The molecule has 0 radical (unpaired) electrons. The van der Waals surface area contributed by atoms with Gasteiger partial charge in [-0.1, -0.05) is 60.7 Å². The van der Waals surface area contributed by atoms with Crippen LogP contribution in [0.2, 0.25) is 0 Å². The summed E-state index contributed by atoms with van der Waals surface area (Å²) in [4.78, 5) is 43.4. The standard InChI is InChI=1S/2C25H29FN6O3/c2*1-24(2,3)35-23(33)31-13-11-25(16-28-4,19(26)14-31)32-18-10-12-29-22(20(18)21(27)30-32)34-15-17-8-6-5-7-9-17/h2*5-10,12,19H,11,13-16H2,1-3H3,(H2,27,30)/t19-,25+;19-,25-/m10/s1. The fourth-order valence-corrected chi connectivity index (χ4v) is 8.58. The van der Waals surface area contributed by atoms with Gasteiger partial charge in [0.2, 0.25) is 24.8 Å². The van der Waals surface area contributed by atoms with Gasteiger partial charge in [0.1, 0.15) is 35.2 Å². The normalized spacial score (nSPS) is 20.4. The van der Waals surface area contributed by atoms with E-state index in [2.05, 4.69) is 29.9 Å². The van der Waals surface area contributed by atoms with Crippen LogP contribution in [0.4, 0.5) is 30.0 Å². The fourth-order valence-electron chi connectivity index (χ4n) is 8.58. The second kappa shape index (κ2) is 20.5. The summed E-state index contributed by atoms with van der Waals surface area (Å²) in [5, 5.41) is 9.85. The molecule has 20 heteroatoms. The van der Waals surface area contributed by atoms with Crippen LogP contribution in [-0.2, 0) is 33.8 Å². The van der Waals surface area contributed by atoms with Crippen molar-refractivity contribution in [1.29, 1.82) is 0 Å². The first-order chi connectivity index (χ1) is 33.3. The van der Waals surface area contributed by atoms with Crippen molar-refractivity contribution in [2.75, 3.05) is 50.7 Å². The molecule has 4 aromatic heterocycles. The molecule has 0 saturated carbocycles. The maximum Gasteiger partial charge on any atom is 0.410 e. The molecule has 6 aromatic rings. The Labute approximate surface area is 405 Å². The summed E-state index contributed by atoms with van der Waals surface area (Å²) in [5.41, 5.74) is 11.5.